The SMILES string of the molecule is CCc1nc(COc2cccc(F)c2)no1. The van der Waals surface area contributed by atoms with Crippen molar-refractivity contribution >= 4 is 0 Å². The summed E-state index contributed by atoms with van der Waals surface area (Å²) >= 11 is 0. The van der Waals surface area contributed by atoms with Gasteiger partial charge in [0.1, 0.15) is 11.6 Å². The molecule has 0 radical (unpaired) electrons. The Kier molecular flexibility index (Phi) is 3.14. The standard InChI is InChI=1S/C11H11FN2O2/c1-2-11-13-10(14-16-11)7-15-9-5-3-4-8(12)6-9/h3-6H,2,7H2,1H3. The maximum absolute atomic E-state index is 12.8. The van der Waals surface area contributed by atoms with Gasteiger partial charge in [0.25, 0.3) is 0 Å². The van der Waals surface area contributed by atoms with Crippen LogP contribution in [0.3, 0.4) is 0 Å². The van der Waals surface area contributed by atoms with E-state index in [2.05, 4.69) is 10.1 Å². The van der Waals surface area contributed by atoms with Crippen molar-refractivity contribution in [2.75, 3.05) is 0 Å². The number of aryl methyl sites for hydroxylation is 1. The zero-order chi connectivity index (χ0) is 11.4. The molecule has 0 bridgehead atoms. The monoisotopic (exact) mass is 222 g/mol. The van der Waals surface area contributed by atoms with E-state index in [1.54, 1.807) is 12.1 Å². The van der Waals surface area contributed by atoms with Crippen molar-refractivity contribution in [2.45, 2.75) is 20.0 Å². The lowest BCUT2D eigenvalue weighted by atomic mass is 10.3. The van der Waals surface area contributed by atoms with Crippen molar-refractivity contribution < 1.29 is 13.7 Å². The number of halogens is 1. The lowest BCUT2D eigenvalue weighted by molar-refractivity contribution is 0.284. The van der Waals surface area contributed by atoms with Crippen LogP contribution in [0, 0.1) is 5.82 Å². The Morgan fingerprint density at radius 3 is 3.00 bits per heavy atom. The summed E-state index contributed by atoms with van der Waals surface area (Å²) in [6, 6.07) is 5.92. The molecule has 0 saturated heterocycles. The first-order valence-electron chi connectivity index (χ1n) is 4.97. The molecule has 2 rings (SSSR count). The fraction of sp³-hybridized carbons (Fsp3) is 0.273. The predicted octanol–water partition coefficient (Wildman–Crippen LogP) is 2.35. The van der Waals surface area contributed by atoms with Crippen LogP contribution in [-0.2, 0) is 13.0 Å². The number of benzene rings is 1. The van der Waals surface area contributed by atoms with Gasteiger partial charge >= 0.3 is 0 Å². The molecule has 0 saturated carbocycles. The lowest BCUT2D eigenvalue weighted by Crippen LogP contribution is -1.97. The molecular weight excluding hydrogens is 211 g/mol. The summed E-state index contributed by atoms with van der Waals surface area (Å²) in [5.41, 5.74) is 0. The van der Waals surface area contributed by atoms with Crippen LogP contribution in [0.1, 0.15) is 18.6 Å². The quantitative estimate of drug-likeness (QED) is 0.796. The largest absolute Gasteiger partial charge is 0.485 e. The molecule has 1 aromatic heterocycles. The van der Waals surface area contributed by atoms with Gasteiger partial charge in [0.05, 0.1) is 0 Å². The number of nitrogens with zero attached hydrogens (tertiary/aromatic N) is 2. The minimum Gasteiger partial charge on any atom is -0.485 e. The number of hydrogen-bond acceptors (Lipinski definition) is 4. The number of rotatable bonds is 4. The molecule has 0 aliphatic rings. The van der Waals surface area contributed by atoms with Gasteiger partial charge in [-0.1, -0.05) is 18.1 Å². The summed E-state index contributed by atoms with van der Waals surface area (Å²) in [7, 11) is 0. The molecule has 2 aromatic rings. The third kappa shape index (κ3) is 2.56. The maximum Gasteiger partial charge on any atom is 0.226 e. The second kappa shape index (κ2) is 4.74. The summed E-state index contributed by atoms with van der Waals surface area (Å²) < 4.78 is 23.0. The second-order valence-corrected chi connectivity index (χ2v) is 3.20. The van der Waals surface area contributed by atoms with Crippen LogP contribution in [-0.4, -0.2) is 10.1 Å². The third-order valence-corrected chi connectivity index (χ3v) is 1.98. The highest BCUT2D eigenvalue weighted by Crippen LogP contribution is 2.13. The zero-order valence-electron chi connectivity index (χ0n) is 8.81. The average molecular weight is 222 g/mol. The minimum atomic E-state index is -0.333. The van der Waals surface area contributed by atoms with Gasteiger partial charge in [-0.15, -0.1) is 0 Å². The highest BCUT2D eigenvalue weighted by Gasteiger charge is 2.05. The zero-order valence-corrected chi connectivity index (χ0v) is 8.81. The molecule has 16 heavy (non-hydrogen) atoms. The van der Waals surface area contributed by atoms with Crippen LogP contribution in [0.5, 0.6) is 5.75 Å². The van der Waals surface area contributed by atoms with Crippen molar-refractivity contribution in [2.24, 2.45) is 0 Å². The fourth-order valence-electron chi connectivity index (χ4n) is 1.20. The van der Waals surface area contributed by atoms with Crippen LogP contribution in [0.25, 0.3) is 0 Å². The van der Waals surface area contributed by atoms with Gasteiger partial charge in [-0.2, -0.15) is 4.98 Å². The van der Waals surface area contributed by atoms with E-state index in [-0.39, 0.29) is 12.4 Å². The maximum atomic E-state index is 12.8. The minimum absolute atomic E-state index is 0.174. The highest BCUT2D eigenvalue weighted by atomic mass is 19.1. The molecule has 4 nitrogen and oxygen atoms in total. The number of ether oxygens (including phenoxy) is 1. The van der Waals surface area contributed by atoms with Crippen molar-refractivity contribution in [1.29, 1.82) is 0 Å². The van der Waals surface area contributed by atoms with Gasteiger partial charge in [-0.05, 0) is 12.1 Å². The summed E-state index contributed by atoms with van der Waals surface area (Å²) in [5.74, 6) is 1.14. The Morgan fingerprint density at radius 1 is 1.44 bits per heavy atom. The summed E-state index contributed by atoms with van der Waals surface area (Å²) in [4.78, 5) is 4.07. The molecule has 5 heteroatoms. The molecule has 0 spiro atoms. The summed E-state index contributed by atoms with van der Waals surface area (Å²) in [6.45, 7) is 2.09. The Labute approximate surface area is 92.0 Å². The smallest absolute Gasteiger partial charge is 0.226 e. The normalized spacial score (nSPS) is 10.4. The third-order valence-electron chi connectivity index (χ3n) is 1.98. The van der Waals surface area contributed by atoms with Crippen LogP contribution in [0.4, 0.5) is 4.39 Å². The Morgan fingerprint density at radius 2 is 2.31 bits per heavy atom. The highest BCUT2D eigenvalue weighted by molar-refractivity contribution is 5.22. The first-order chi connectivity index (χ1) is 7.78. The van der Waals surface area contributed by atoms with Gasteiger partial charge < -0.3 is 9.26 Å². The van der Waals surface area contributed by atoms with E-state index in [0.717, 1.165) is 0 Å². The fourth-order valence-corrected chi connectivity index (χ4v) is 1.20. The van der Waals surface area contributed by atoms with Crippen molar-refractivity contribution in [3.63, 3.8) is 0 Å². The molecule has 84 valence electrons. The molecule has 0 N–H and O–H groups in total. The topological polar surface area (TPSA) is 48.2 Å². The molecule has 0 fully saturated rings. The van der Waals surface area contributed by atoms with Gasteiger partial charge in [-0.3, -0.25) is 0 Å². The molecular formula is C11H11FN2O2. The second-order valence-electron chi connectivity index (χ2n) is 3.20. The van der Waals surface area contributed by atoms with Crippen LogP contribution in [0.15, 0.2) is 28.8 Å². The Balaban J connectivity index is 1.96. The van der Waals surface area contributed by atoms with Gasteiger partial charge in [0, 0.05) is 12.5 Å². The molecule has 1 aromatic carbocycles. The van der Waals surface area contributed by atoms with Crippen molar-refractivity contribution in [3.05, 3.63) is 41.8 Å². The number of aromatic nitrogens is 2. The molecule has 1 heterocycles. The molecule has 0 aliphatic carbocycles. The van der Waals surface area contributed by atoms with Gasteiger partial charge in [0.2, 0.25) is 11.7 Å². The first kappa shape index (κ1) is 10.6. The van der Waals surface area contributed by atoms with Gasteiger partial charge in [-0.25, -0.2) is 4.39 Å². The van der Waals surface area contributed by atoms with E-state index < -0.39 is 0 Å². The summed E-state index contributed by atoms with van der Waals surface area (Å²) in [5, 5.41) is 3.72. The molecule has 0 unspecified atom stereocenters. The van der Waals surface area contributed by atoms with E-state index in [1.165, 1.54) is 12.1 Å². The van der Waals surface area contributed by atoms with Crippen molar-refractivity contribution in [3.8, 4) is 5.75 Å². The average Bonchev–Trinajstić information content (AvgIpc) is 2.74. The lowest BCUT2D eigenvalue weighted by Gasteiger charge is -2.02. The van der Waals surface area contributed by atoms with E-state index in [1.807, 2.05) is 6.92 Å². The Hall–Kier alpha value is -1.91. The van der Waals surface area contributed by atoms with E-state index >= 15 is 0 Å². The van der Waals surface area contributed by atoms with Crippen LogP contribution in [0.2, 0.25) is 0 Å². The number of hydrogen-bond donors (Lipinski definition) is 0. The van der Waals surface area contributed by atoms with E-state index in [0.29, 0.717) is 23.9 Å². The van der Waals surface area contributed by atoms with Crippen molar-refractivity contribution in [1.82, 2.24) is 10.1 Å². The Bertz CT molecular complexity index is 471. The molecule has 0 atom stereocenters. The van der Waals surface area contributed by atoms with Crippen LogP contribution >= 0.6 is 0 Å². The first-order valence-corrected chi connectivity index (χ1v) is 4.97. The van der Waals surface area contributed by atoms with Crippen LogP contribution < -0.4 is 4.74 Å². The van der Waals surface area contributed by atoms with E-state index in [9.17, 15) is 4.39 Å². The molecule has 0 aliphatic heterocycles. The van der Waals surface area contributed by atoms with E-state index in [4.69, 9.17) is 9.26 Å². The molecule has 0 amide bonds. The summed E-state index contributed by atoms with van der Waals surface area (Å²) in [6.07, 6.45) is 0.687. The predicted molar refractivity (Wildman–Crippen MR) is 54.4 cm³/mol. The van der Waals surface area contributed by atoms with Gasteiger partial charge in [0.15, 0.2) is 6.61 Å².